The average molecular weight is 569 g/mol. The number of anilines is 3. The first-order chi connectivity index (χ1) is 21.3. The van der Waals surface area contributed by atoms with Crippen molar-refractivity contribution >= 4 is 81.4 Å². The van der Waals surface area contributed by atoms with Crippen LogP contribution in [0.3, 0.4) is 0 Å². The van der Waals surface area contributed by atoms with Crippen molar-refractivity contribution in [1.29, 1.82) is 0 Å². The Labute approximate surface area is 251 Å². The summed E-state index contributed by atoms with van der Waals surface area (Å²) in [6.07, 6.45) is 1.87. The normalized spacial score (nSPS) is 11.7. The lowest BCUT2D eigenvalue weighted by Crippen LogP contribution is -2.11. The zero-order chi connectivity index (χ0) is 28.3. The molecule has 0 saturated carbocycles. The maximum absolute atomic E-state index is 6.31. The fourth-order valence-corrected chi connectivity index (χ4v) is 7.38. The van der Waals surface area contributed by atoms with Gasteiger partial charge in [-0.25, -0.2) is 4.98 Å². The van der Waals surface area contributed by atoms with E-state index >= 15 is 0 Å². The van der Waals surface area contributed by atoms with E-state index in [9.17, 15) is 0 Å². The van der Waals surface area contributed by atoms with Crippen molar-refractivity contribution in [1.82, 2.24) is 4.98 Å². The van der Waals surface area contributed by atoms with Crippen molar-refractivity contribution < 1.29 is 4.42 Å². The van der Waals surface area contributed by atoms with Crippen LogP contribution in [-0.4, -0.2) is 4.98 Å². The monoisotopic (exact) mass is 568 g/mol. The van der Waals surface area contributed by atoms with Crippen LogP contribution in [0.25, 0.3) is 64.0 Å². The van der Waals surface area contributed by atoms with Gasteiger partial charge in [0.25, 0.3) is 0 Å². The molecule has 43 heavy (non-hydrogen) atoms. The minimum Gasteiger partial charge on any atom is -0.454 e. The Bertz CT molecular complexity index is 2460. The van der Waals surface area contributed by atoms with Crippen LogP contribution in [0.2, 0.25) is 0 Å². The summed E-state index contributed by atoms with van der Waals surface area (Å²) in [6, 6.07) is 49.5. The maximum atomic E-state index is 6.31. The lowest BCUT2D eigenvalue weighted by Gasteiger charge is -2.25. The molecule has 6 aromatic carbocycles. The molecule has 0 unspecified atom stereocenters. The molecular formula is C39H24N2OS. The summed E-state index contributed by atoms with van der Waals surface area (Å²) in [6.45, 7) is 0. The molecule has 0 N–H and O–H groups in total. The molecule has 3 heterocycles. The molecule has 0 aliphatic rings. The van der Waals surface area contributed by atoms with Crippen LogP contribution in [0.5, 0.6) is 0 Å². The zero-order valence-corrected chi connectivity index (χ0v) is 23.9. The molecule has 9 aromatic rings. The second kappa shape index (κ2) is 9.55. The molecule has 0 bridgehead atoms. The van der Waals surface area contributed by atoms with E-state index in [-0.39, 0.29) is 0 Å². The van der Waals surface area contributed by atoms with Gasteiger partial charge in [-0.1, -0.05) is 91.0 Å². The summed E-state index contributed by atoms with van der Waals surface area (Å²) < 4.78 is 8.84. The highest BCUT2D eigenvalue weighted by Crippen LogP contribution is 2.45. The summed E-state index contributed by atoms with van der Waals surface area (Å²) in [7, 11) is 0. The third kappa shape index (κ3) is 3.92. The van der Waals surface area contributed by atoms with E-state index in [4.69, 9.17) is 9.40 Å². The molecule has 3 aromatic heterocycles. The molecule has 0 radical (unpaired) electrons. The lowest BCUT2D eigenvalue weighted by molar-refractivity contribution is 0.667. The van der Waals surface area contributed by atoms with Crippen molar-refractivity contribution in [2.45, 2.75) is 0 Å². The Hall–Kier alpha value is -5.45. The fourth-order valence-electron chi connectivity index (χ4n) is 6.25. The Morgan fingerprint density at radius 2 is 1.23 bits per heavy atom. The molecule has 0 aliphatic carbocycles. The Balaban J connectivity index is 1.29. The summed E-state index contributed by atoms with van der Waals surface area (Å²) >= 11 is 1.83. The maximum Gasteiger partial charge on any atom is 0.153 e. The molecule has 4 heteroatoms. The number of aromatic nitrogens is 1. The van der Waals surface area contributed by atoms with Gasteiger partial charge >= 0.3 is 0 Å². The SMILES string of the molecule is c1ccc(-c2ccc(N(c3cc4c(cn3)oc3cc5ccccc5cc34)c3cccc4sc5ccccc5c34)cc2)cc1. The molecule has 0 amide bonds. The fraction of sp³-hybridized carbons (Fsp3) is 0. The number of pyridine rings is 1. The van der Waals surface area contributed by atoms with E-state index in [1.54, 1.807) is 0 Å². The second-order valence-corrected chi connectivity index (χ2v) is 11.9. The third-order valence-corrected chi connectivity index (χ3v) is 9.43. The molecular weight excluding hydrogens is 545 g/mol. The largest absolute Gasteiger partial charge is 0.454 e. The van der Waals surface area contributed by atoms with Gasteiger partial charge in [0.2, 0.25) is 0 Å². The van der Waals surface area contributed by atoms with Gasteiger partial charge in [-0.2, -0.15) is 0 Å². The predicted octanol–water partition coefficient (Wildman–Crippen LogP) is 11.6. The standard InChI is InChI=1S/C39H24N2OS/c1-2-9-25(10-3-1)26-17-19-29(20-18-26)41(33-14-8-16-37-39(33)30-13-6-7-15-36(30)43-37)38-23-32-31-21-27-11-4-5-12-28(27)22-34(31)42-35(32)24-40-38/h1-24H. The molecule has 0 spiro atoms. The van der Waals surface area contributed by atoms with Crippen LogP contribution in [-0.2, 0) is 0 Å². The van der Waals surface area contributed by atoms with Crippen molar-refractivity contribution in [2.75, 3.05) is 4.90 Å². The number of fused-ring (bicyclic) bond motifs is 7. The first-order valence-corrected chi connectivity index (χ1v) is 15.2. The number of nitrogens with zero attached hydrogens (tertiary/aromatic N) is 2. The average Bonchev–Trinajstić information content (AvgIpc) is 3.62. The Morgan fingerprint density at radius 3 is 2.09 bits per heavy atom. The van der Waals surface area contributed by atoms with Crippen LogP contribution in [0.1, 0.15) is 0 Å². The number of hydrogen-bond donors (Lipinski definition) is 0. The highest BCUT2D eigenvalue weighted by molar-refractivity contribution is 7.26. The summed E-state index contributed by atoms with van der Waals surface area (Å²) in [4.78, 5) is 7.30. The van der Waals surface area contributed by atoms with Crippen LogP contribution in [0.15, 0.2) is 150 Å². The van der Waals surface area contributed by atoms with Gasteiger partial charge in [0.15, 0.2) is 5.58 Å². The molecule has 202 valence electrons. The van der Waals surface area contributed by atoms with E-state index in [0.717, 1.165) is 39.1 Å². The second-order valence-electron chi connectivity index (χ2n) is 10.8. The van der Waals surface area contributed by atoms with Gasteiger partial charge in [0.05, 0.1) is 11.9 Å². The predicted molar refractivity (Wildman–Crippen MR) is 182 cm³/mol. The highest BCUT2D eigenvalue weighted by atomic mass is 32.1. The minimum absolute atomic E-state index is 0.785. The lowest BCUT2D eigenvalue weighted by atomic mass is 10.0. The van der Waals surface area contributed by atoms with Crippen molar-refractivity contribution in [3.05, 3.63) is 146 Å². The molecule has 0 aliphatic heterocycles. The third-order valence-electron chi connectivity index (χ3n) is 8.29. The van der Waals surface area contributed by atoms with E-state index in [1.807, 2.05) is 17.5 Å². The zero-order valence-electron chi connectivity index (χ0n) is 23.1. The van der Waals surface area contributed by atoms with Gasteiger partial charge in [0.1, 0.15) is 11.4 Å². The van der Waals surface area contributed by atoms with Crippen LogP contribution in [0.4, 0.5) is 17.2 Å². The summed E-state index contributed by atoms with van der Waals surface area (Å²) in [5.41, 5.74) is 6.19. The highest BCUT2D eigenvalue weighted by Gasteiger charge is 2.21. The number of rotatable bonds is 4. The Morgan fingerprint density at radius 1 is 0.535 bits per heavy atom. The first kappa shape index (κ1) is 24.2. The van der Waals surface area contributed by atoms with Gasteiger partial charge in [0, 0.05) is 36.6 Å². The number of hydrogen-bond acceptors (Lipinski definition) is 4. The topological polar surface area (TPSA) is 29.3 Å². The van der Waals surface area contributed by atoms with Gasteiger partial charge < -0.3 is 4.42 Å². The first-order valence-electron chi connectivity index (χ1n) is 14.4. The molecule has 0 fully saturated rings. The smallest absolute Gasteiger partial charge is 0.153 e. The Kier molecular flexibility index (Phi) is 5.37. The quantitative estimate of drug-likeness (QED) is 0.211. The van der Waals surface area contributed by atoms with Crippen LogP contribution < -0.4 is 4.90 Å². The molecule has 0 saturated heterocycles. The van der Waals surface area contributed by atoms with E-state index in [1.165, 1.54) is 42.1 Å². The van der Waals surface area contributed by atoms with Gasteiger partial charge in [-0.3, -0.25) is 4.90 Å². The van der Waals surface area contributed by atoms with Crippen molar-refractivity contribution in [2.24, 2.45) is 0 Å². The molecule has 9 rings (SSSR count). The number of thiophene rings is 1. The molecule has 0 atom stereocenters. The van der Waals surface area contributed by atoms with E-state index in [0.29, 0.717) is 0 Å². The van der Waals surface area contributed by atoms with Crippen molar-refractivity contribution in [3.63, 3.8) is 0 Å². The minimum atomic E-state index is 0.785. The van der Waals surface area contributed by atoms with Crippen LogP contribution >= 0.6 is 11.3 Å². The van der Waals surface area contributed by atoms with Crippen molar-refractivity contribution in [3.8, 4) is 11.1 Å². The number of benzene rings is 6. The van der Waals surface area contributed by atoms with E-state index < -0.39 is 0 Å². The summed E-state index contributed by atoms with van der Waals surface area (Å²) in [5.74, 6) is 0.846. The number of furan rings is 1. The van der Waals surface area contributed by atoms with Gasteiger partial charge in [-0.15, -0.1) is 11.3 Å². The summed E-state index contributed by atoms with van der Waals surface area (Å²) in [5, 5.41) is 7.00. The van der Waals surface area contributed by atoms with Gasteiger partial charge in [-0.05, 0) is 70.4 Å². The molecule has 3 nitrogen and oxygen atoms in total. The van der Waals surface area contributed by atoms with Crippen LogP contribution in [0, 0.1) is 0 Å². The van der Waals surface area contributed by atoms with E-state index in [2.05, 4.69) is 144 Å².